The van der Waals surface area contributed by atoms with Gasteiger partial charge >= 0.3 is 5.97 Å². The van der Waals surface area contributed by atoms with Crippen molar-refractivity contribution in [3.63, 3.8) is 0 Å². The first kappa shape index (κ1) is 8.71. The van der Waals surface area contributed by atoms with E-state index in [0.29, 0.717) is 5.56 Å². The van der Waals surface area contributed by atoms with Crippen LogP contribution in [0.4, 0.5) is 0 Å². The molecule has 0 radical (unpaired) electrons. The van der Waals surface area contributed by atoms with Gasteiger partial charge in [-0.1, -0.05) is 35.5 Å². The van der Waals surface area contributed by atoms with Gasteiger partial charge in [0.1, 0.15) is 0 Å². The van der Waals surface area contributed by atoms with E-state index in [1.165, 1.54) is 6.21 Å². The Bertz CT molecular complexity index is 377. The first-order valence-electron chi connectivity index (χ1n) is 4.02. The van der Waals surface area contributed by atoms with E-state index in [-0.39, 0.29) is 0 Å². The molecule has 1 heterocycles. The van der Waals surface area contributed by atoms with Crippen LogP contribution in [0, 0.1) is 0 Å². The molecule has 1 aromatic carbocycles. The number of oxime groups is 1. The molecule has 1 unspecified atom stereocenters. The van der Waals surface area contributed by atoms with Gasteiger partial charge in [-0.2, -0.15) is 0 Å². The van der Waals surface area contributed by atoms with E-state index >= 15 is 0 Å². The molecule has 1 aliphatic heterocycles. The summed E-state index contributed by atoms with van der Waals surface area (Å²) in [6.45, 7) is 0. The summed E-state index contributed by atoms with van der Waals surface area (Å²) in [5, 5.41) is 12.5. The molecule has 5 nitrogen and oxygen atoms in total. The summed E-state index contributed by atoms with van der Waals surface area (Å²) >= 11 is 0. The molecule has 0 saturated carbocycles. The van der Waals surface area contributed by atoms with Crippen LogP contribution in [0.25, 0.3) is 0 Å². The maximum Gasteiger partial charge on any atom is 0.337 e. The summed E-state index contributed by atoms with van der Waals surface area (Å²) in [6, 6.07) is 8.72. The van der Waals surface area contributed by atoms with Crippen molar-refractivity contribution >= 4 is 12.2 Å². The molecule has 72 valence electrons. The van der Waals surface area contributed by atoms with Gasteiger partial charge in [0.05, 0.1) is 6.21 Å². The van der Waals surface area contributed by atoms with Gasteiger partial charge in [0, 0.05) is 0 Å². The van der Waals surface area contributed by atoms with Crippen LogP contribution in [0.2, 0.25) is 0 Å². The molecule has 0 bridgehead atoms. The zero-order valence-corrected chi connectivity index (χ0v) is 7.18. The number of nitrogens with one attached hydrogen (secondary N) is 1. The van der Waals surface area contributed by atoms with Crippen molar-refractivity contribution < 1.29 is 14.8 Å². The van der Waals surface area contributed by atoms with Gasteiger partial charge in [0.15, 0.2) is 0 Å². The Balaban J connectivity index is 2.47. The predicted octanol–water partition coefficient (Wildman–Crippen LogP) is 0.487. The molecule has 0 fully saturated rings. The number of nitrogens with zero attached hydrogens (tertiary/aromatic N) is 1. The monoisotopic (exact) mass is 192 g/mol. The molecule has 5 heteroatoms. The first-order valence-corrected chi connectivity index (χ1v) is 4.02. The Morgan fingerprint density at radius 2 is 2.14 bits per heavy atom. The molecule has 0 spiro atoms. The number of aliphatic carboxylic acids is 1. The highest BCUT2D eigenvalue weighted by atomic mass is 16.8. The van der Waals surface area contributed by atoms with E-state index < -0.39 is 11.5 Å². The number of hydrogen-bond acceptors (Lipinski definition) is 4. The fraction of sp³-hybridized carbons (Fsp3) is 0.111. The second-order valence-electron chi connectivity index (χ2n) is 2.91. The van der Waals surface area contributed by atoms with Crippen LogP contribution in [0.5, 0.6) is 0 Å². The lowest BCUT2D eigenvalue weighted by Crippen LogP contribution is -2.46. The van der Waals surface area contributed by atoms with E-state index in [4.69, 9.17) is 5.11 Å². The third kappa shape index (κ3) is 1.14. The number of rotatable bonds is 2. The summed E-state index contributed by atoms with van der Waals surface area (Å²) in [6.07, 6.45) is 1.23. The van der Waals surface area contributed by atoms with Gasteiger partial charge in [-0.3, -0.25) is 4.94 Å². The summed E-state index contributed by atoms with van der Waals surface area (Å²) in [7, 11) is 0. The SMILES string of the molecule is O=C(O)C1(c2ccccc2)C=NON1. The predicted molar refractivity (Wildman–Crippen MR) is 48.5 cm³/mol. The molecule has 2 rings (SSSR count). The maximum absolute atomic E-state index is 11.1. The third-order valence-corrected chi connectivity index (χ3v) is 2.07. The van der Waals surface area contributed by atoms with Crippen molar-refractivity contribution in [2.75, 3.05) is 0 Å². The van der Waals surface area contributed by atoms with Crippen molar-refractivity contribution in [2.45, 2.75) is 5.54 Å². The minimum absolute atomic E-state index is 0.578. The molecule has 1 atom stereocenters. The average Bonchev–Trinajstić information content (AvgIpc) is 2.69. The zero-order valence-electron chi connectivity index (χ0n) is 7.18. The highest BCUT2D eigenvalue weighted by molar-refractivity contribution is 6.00. The van der Waals surface area contributed by atoms with E-state index in [9.17, 15) is 4.79 Å². The van der Waals surface area contributed by atoms with Gasteiger partial charge in [0.2, 0.25) is 5.54 Å². The highest BCUT2D eigenvalue weighted by Gasteiger charge is 2.43. The summed E-state index contributed by atoms with van der Waals surface area (Å²) in [4.78, 5) is 15.6. The molecule has 1 aromatic rings. The second-order valence-corrected chi connectivity index (χ2v) is 2.91. The van der Waals surface area contributed by atoms with Crippen molar-refractivity contribution in [3.8, 4) is 0 Å². The van der Waals surface area contributed by atoms with Gasteiger partial charge < -0.3 is 5.11 Å². The summed E-state index contributed by atoms with van der Waals surface area (Å²) in [5.41, 5.74) is 1.58. The van der Waals surface area contributed by atoms with Crippen LogP contribution in [0.1, 0.15) is 5.56 Å². The molecule has 2 N–H and O–H groups in total. The summed E-state index contributed by atoms with van der Waals surface area (Å²) < 4.78 is 0. The quantitative estimate of drug-likeness (QED) is 0.715. The van der Waals surface area contributed by atoms with E-state index in [0.717, 1.165) is 0 Å². The van der Waals surface area contributed by atoms with Crippen LogP contribution in [-0.2, 0) is 15.3 Å². The normalized spacial score (nSPS) is 24.6. The molecule has 14 heavy (non-hydrogen) atoms. The van der Waals surface area contributed by atoms with E-state index in [1.807, 2.05) is 6.07 Å². The van der Waals surface area contributed by atoms with Gasteiger partial charge in [-0.05, 0) is 5.56 Å². The largest absolute Gasteiger partial charge is 0.479 e. The van der Waals surface area contributed by atoms with Crippen LogP contribution in [0.15, 0.2) is 35.5 Å². The number of carboxylic acid groups (broad SMARTS) is 1. The number of carbonyl (C=O) groups is 1. The lowest BCUT2D eigenvalue weighted by Gasteiger charge is -2.18. The molecular weight excluding hydrogens is 184 g/mol. The average molecular weight is 192 g/mol. The fourth-order valence-electron chi connectivity index (χ4n) is 1.29. The molecule has 1 aliphatic rings. The van der Waals surface area contributed by atoms with Crippen LogP contribution >= 0.6 is 0 Å². The Morgan fingerprint density at radius 3 is 2.64 bits per heavy atom. The zero-order chi connectivity index (χ0) is 10.0. The molecule has 0 aromatic heterocycles. The number of benzene rings is 1. The Hall–Kier alpha value is -1.88. The molecule has 0 saturated heterocycles. The maximum atomic E-state index is 11.1. The van der Waals surface area contributed by atoms with Crippen LogP contribution in [0.3, 0.4) is 0 Å². The molecular formula is C9H8N2O3. The topological polar surface area (TPSA) is 70.9 Å². The first-order chi connectivity index (χ1) is 6.76. The van der Waals surface area contributed by atoms with Crippen LogP contribution in [-0.4, -0.2) is 17.3 Å². The highest BCUT2D eigenvalue weighted by Crippen LogP contribution is 2.22. The standard InChI is InChI=1S/C9H8N2O3/c12-8(13)9(6-10-14-11-9)7-4-2-1-3-5-7/h1-6,11H,(H,12,13). The Labute approximate surface area is 79.9 Å². The lowest BCUT2D eigenvalue weighted by molar-refractivity contribution is -0.146. The number of carboxylic acids is 1. The smallest absolute Gasteiger partial charge is 0.337 e. The summed E-state index contributed by atoms with van der Waals surface area (Å²) in [5.74, 6) is -1.05. The molecule has 0 amide bonds. The van der Waals surface area contributed by atoms with Crippen molar-refractivity contribution in [1.29, 1.82) is 0 Å². The lowest BCUT2D eigenvalue weighted by atomic mass is 9.92. The number of hydrogen-bond donors (Lipinski definition) is 2. The van der Waals surface area contributed by atoms with Gasteiger partial charge in [-0.25, -0.2) is 4.79 Å². The van der Waals surface area contributed by atoms with Crippen molar-refractivity contribution in [3.05, 3.63) is 35.9 Å². The fourth-order valence-corrected chi connectivity index (χ4v) is 1.29. The minimum Gasteiger partial charge on any atom is -0.479 e. The Kier molecular flexibility index (Phi) is 1.94. The van der Waals surface area contributed by atoms with E-state index in [2.05, 4.69) is 15.6 Å². The number of hydroxylamine groups is 1. The second kappa shape index (κ2) is 3.12. The van der Waals surface area contributed by atoms with Crippen LogP contribution < -0.4 is 5.48 Å². The third-order valence-electron chi connectivity index (χ3n) is 2.07. The van der Waals surface area contributed by atoms with E-state index in [1.54, 1.807) is 24.3 Å². The Morgan fingerprint density at radius 1 is 1.43 bits per heavy atom. The van der Waals surface area contributed by atoms with Crippen molar-refractivity contribution in [2.24, 2.45) is 5.16 Å². The van der Waals surface area contributed by atoms with Gasteiger partial charge in [0.25, 0.3) is 0 Å². The van der Waals surface area contributed by atoms with Crippen molar-refractivity contribution in [1.82, 2.24) is 5.48 Å². The molecule has 0 aliphatic carbocycles. The minimum atomic E-state index is -1.36. The van der Waals surface area contributed by atoms with Gasteiger partial charge in [-0.15, -0.1) is 5.48 Å².